The van der Waals surface area contributed by atoms with Crippen LogP contribution in [0.5, 0.6) is 0 Å². The normalized spacial score (nSPS) is 18.8. The van der Waals surface area contributed by atoms with Crippen LogP contribution in [0.3, 0.4) is 0 Å². The van der Waals surface area contributed by atoms with Crippen LogP contribution in [0.4, 0.5) is 5.69 Å². The lowest BCUT2D eigenvalue weighted by Gasteiger charge is -2.47. The van der Waals surface area contributed by atoms with E-state index in [-0.39, 0.29) is 17.1 Å². The number of carbonyl (C=O) groups excluding carboxylic acids is 1. The van der Waals surface area contributed by atoms with E-state index >= 15 is 0 Å². The molecule has 0 atom stereocenters. The van der Waals surface area contributed by atoms with E-state index in [2.05, 4.69) is 43.3 Å². The highest BCUT2D eigenvalue weighted by molar-refractivity contribution is 6.45. The second kappa shape index (κ2) is 7.69. The first-order valence-electron chi connectivity index (χ1n) is 9.53. The Morgan fingerprint density at radius 2 is 1.89 bits per heavy atom. The van der Waals surface area contributed by atoms with Crippen molar-refractivity contribution in [2.45, 2.75) is 64.6 Å². The Balaban J connectivity index is 2.10. The van der Waals surface area contributed by atoms with Crippen LogP contribution < -0.4 is 10.6 Å². The van der Waals surface area contributed by atoms with Gasteiger partial charge in [-0.25, -0.2) is 4.79 Å². The van der Waals surface area contributed by atoms with E-state index in [0.29, 0.717) is 33.4 Å². The molecular weight excluding hydrogens is 397 g/mol. The minimum absolute atomic E-state index is 0.0344. The number of nitrogens with one attached hydrogen (secondary N) is 2. The fourth-order valence-electron chi connectivity index (χ4n) is 4.35. The second-order valence-corrected chi connectivity index (χ2v) is 9.45. The van der Waals surface area contributed by atoms with Crippen LogP contribution in [0.2, 0.25) is 10.0 Å². The van der Waals surface area contributed by atoms with Gasteiger partial charge in [-0.15, -0.1) is 0 Å². The van der Waals surface area contributed by atoms with Gasteiger partial charge in [0.05, 0.1) is 27.9 Å². The van der Waals surface area contributed by atoms with Gasteiger partial charge >= 0.3 is 5.97 Å². The third-order valence-corrected chi connectivity index (χ3v) is 5.76. The molecule has 1 aliphatic rings. The Morgan fingerprint density at radius 3 is 2.50 bits per heavy atom. The monoisotopic (exact) mass is 423 g/mol. The second-order valence-electron chi connectivity index (χ2n) is 8.67. The third-order valence-electron chi connectivity index (χ3n) is 4.96. The lowest BCUT2D eigenvalue weighted by molar-refractivity contribution is 0.0527. The molecule has 5 nitrogen and oxygen atoms in total. The maximum absolute atomic E-state index is 12.6. The molecule has 2 N–H and O–H groups in total. The van der Waals surface area contributed by atoms with E-state index in [9.17, 15) is 4.79 Å². The molecule has 28 heavy (non-hydrogen) atoms. The van der Waals surface area contributed by atoms with E-state index in [1.54, 1.807) is 13.0 Å². The van der Waals surface area contributed by atoms with Crippen molar-refractivity contribution in [1.82, 2.24) is 10.3 Å². The molecule has 1 aromatic carbocycles. The van der Waals surface area contributed by atoms with Crippen molar-refractivity contribution in [3.05, 3.63) is 33.9 Å². The molecule has 0 aliphatic carbocycles. The number of nitrogens with zero attached hydrogens (tertiary/aromatic N) is 1. The number of pyridine rings is 1. The first-order chi connectivity index (χ1) is 13.0. The number of ether oxygens (including phenoxy) is 1. The molecular formula is C21H27Cl2N3O2. The van der Waals surface area contributed by atoms with E-state index < -0.39 is 5.97 Å². The van der Waals surface area contributed by atoms with Crippen LogP contribution in [-0.2, 0) is 4.74 Å². The number of carbonyl (C=O) groups is 1. The number of benzene rings is 1. The highest BCUT2D eigenvalue weighted by Crippen LogP contribution is 2.37. The molecule has 1 aromatic heterocycles. The van der Waals surface area contributed by atoms with Gasteiger partial charge in [-0.1, -0.05) is 23.2 Å². The van der Waals surface area contributed by atoms with Crippen LogP contribution in [0.25, 0.3) is 10.9 Å². The fourth-order valence-corrected chi connectivity index (χ4v) is 4.72. The maximum atomic E-state index is 12.6. The smallest absolute Gasteiger partial charge is 0.341 e. The summed E-state index contributed by atoms with van der Waals surface area (Å²) in [6.07, 6.45) is 3.33. The van der Waals surface area contributed by atoms with Crippen molar-refractivity contribution in [3.8, 4) is 0 Å². The molecule has 1 fully saturated rings. The summed E-state index contributed by atoms with van der Waals surface area (Å²) in [6, 6.07) is 3.74. The molecule has 0 radical (unpaired) electrons. The van der Waals surface area contributed by atoms with Crippen LogP contribution >= 0.6 is 23.2 Å². The zero-order valence-corrected chi connectivity index (χ0v) is 18.5. The quantitative estimate of drug-likeness (QED) is 0.640. The Bertz CT molecular complexity index is 896. The van der Waals surface area contributed by atoms with Crippen LogP contribution in [-0.4, -0.2) is 34.7 Å². The predicted molar refractivity (Wildman–Crippen MR) is 116 cm³/mol. The molecule has 1 aliphatic heterocycles. The summed E-state index contributed by atoms with van der Waals surface area (Å²) in [4.78, 5) is 17.0. The molecule has 152 valence electrons. The standard InChI is InChI=1S/C21H27Cl2N3O2/c1-6-28-19(27)14-11-24-18-13(7-8-15(22)16(18)23)17(14)25-12-9-20(2,3)26-21(4,5)10-12/h7-8,11-12,26H,6,9-10H2,1-5H3,(H,24,25). The average molecular weight is 424 g/mol. The SMILES string of the molecule is CCOC(=O)c1cnc2c(Cl)c(Cl)ccc2c1NC1CC(C)(C)NC(C)(C)C1. The molecule has 0 amide bonds. The molecule has 0 unspecified atom stereocenters. The molecule has 0 saturated carbocycles. The van der Waals surface area contributed by atoms with Gasteiger partial charge in [0, 0.05) is 28.7 Å². The van der Waals surface area contributed by atoms with Gasteiger partial charge in [0.25, 0.3) is 0 Å². The molecule has 2 heterocycles. The molecule has 7 heteroatoms. The summed E-state index contributed by atoms with van der Waals surface area (Å²) in [5.74, 6) is -0.405. The minimum Gasteiger partial charge on any atom is -0.462 e. The number of hydrogen-bond acceptors (Lipinski definition) is 5. The van der Waals surface area contributed by atoms with E-state index in [0.717, 1.165) is 18.2 Å². The van der Waals surface area contributed by atoms with E-state index in [1.807, 2.05) is 6.07 Å². The van der Waals surface area contributed by atoms with Crippen LogP contribution in [0.1, 0.15) is 57.8 Å². The van der Waals surface area contributed by atoms with Gasteiger partial charge in [-0.3, -0.25) is 4.98 Å². The Labute approximate surface area is 176 Å². The number of halogens is 2. The Hall–Kier alpha value is -1.56. The zero-order chi connectivity index (χ0) is 20.7. The van der Waals surface area contributed by atoms with Crippen molar-refractivity contribution >= 4 is 45.8 Å². The summed E-state index contributed by atoms with van der Waals surface area (Å²) in [5, 5.41) is 8.85. The summed E-state index contributed by atoms with van der Waals surface area (Å²) in [7, 11) is 0. The topological polar surface area (TPSA) is 63.2 Å². The van der Waals surface area contributed by atoms with Crippen molar-refractivity contribution in [3.63, 3.8) is 0 Å². The molecule has 1 saturated heterocycles. The van der Waals surface area contributed by atoms with Gasteiger partial charge in [0.1, 0.15) is 5.56 Å². The lowest BCUT2D eigenvalue weighted by atomic mass is 9.79. The fraction of sp³-hybridized carbons (Fsp3) is 0.524. The first kappa shape index (κ1) is 21.2. The van der Waals surface area contributed by atoms with Crippen molar-refractivity contribution in [2.24, 2.45) is 0 Å². The van der Waals surface area contributed by atoms with Crippen molar-refractivity contribution in [2.75, 3.05) is 11.9 Å². The number of hydrogen-bond donors (Lipinski definition) is 2. The summed E-state index contributed by atoms with van der Waals surface area (Å²) < 4.78 is 5.25. The summed E-state index contributed by atoms with van der Waals surface area (Å²) in [6.45, 7) is 10.8. The number of aromatic nitrogens is 1. The molecule has 2 aromatic rings. The van der Waals surface area contributed by atoms with E-state index in [1.165, 1.54) is 6.20 Å². The third kappa shape index (κ3) is 4.37. The van der Waals surface area contributed by atoms with Gasteiger partial charge in [-0.2, -0.15) is 0 Å². The Kier molecular flexibility index (Phi) is 5.81. The van der Waals surface area contributed by atoms with Crippen molar-refractivity contribution in [1.29, 1.82) is 0 Å². The van der Waals surface area contributed by atoms with Gasteiger partial charge in [-0.05, 0) is 59.6 Å². The van der Waals surface area contributed by atoms with Crippen LogP contribution in [0.15, 0.2) is 18.3 Å². The molecule has 0 spiro atoms. The lowest BCUT2D eigenvalue weighted by Crippen LogP contribution is -2.60. The maximum Gasteiger partial charge on any atom is 0.341 e. The van der Waals surface area contributed by atoms with Gasteiger partial charge in [0.15, 0.2) is 0 Å². The predicted octanol–water partition coefficient (Wildman–Crippen LogP) is 5.44. The number of fused-ring (bicyclic) bond motifs is 1. The minimum atomic E-state index is -0.405. The van der Waals surface area contributed by atoms with Crippen molar-refractivity contribution < 1.29 is 9.53 Å². The zero-order valence-electron chi connectivity index (χ0n) is 17.0. The summed E-state index contributed by atoms with van der Waals surface area (Å²) in [5.41, 5.74) is 1.60. The largest absolute Gasteiger partial charge is 0.462 e. The number of anilines is 1. The Morgan fingerprint density at radius 1 is 1.25 bits per heavy atom. The molecule has 0 bridgehead atoms. The van der Waals surface area contributed by atoms with Crippen LogP contribution in [0, 0.1) is 0 Å². The van der Waals surface area contributed by atoms with Gasteiger partial charge in [0.2, 0.25) is 0 Å². The number of piperidine rings is 1. The first-order valence-corrected chi connectivity index (χ1v) is 10.3. The highest BCUT2D eigenvalue weighted by Gasteiger charge is 2.38. The number of rotatable bonds is 4. The van der Waals surface area contributed by atoms with E-state index in [4.69, 9.17) is 27.9 Å². The van der Waals surface area contributed by atoms with Gasteiger partial charge < -0.3 is 15.4 Å². The number of esters is 1. The average Bonchev–Trinajstić information content (AvgIpc) is 2.55. The molecule has 3 rings (SSSR count). The highest BCUT2D eigenvalue weighted by atomic mass is 35.5. The summed E-state index contributed by atoms with van der Waals surface area (Å²) >= 11 is 12.5.